The van der Waals surface area contributed by atoms with Gasteiger partial charge in [0.05, 0.1) is 21.7 Å². The monoisotopic (exact) mass is 488 g/mol. The molecule has 1 saturated heterocycles. The molecule has 0 spiro atoms. The highest BCUT2D eigenvalue weighted by Gasteiger charge is 2.21. The van der Waals surface area contributed by atoms with E-state index in [1.54, 1.807) is 0 Å². The first-order valence-electron chi connectivity index (χ1n) is 10.6. The lowest BCUT2D eigenvalue weighted by Crippen LogP contribution is -2.49. The second-order valence-electron chi connectivity index (χ2n) is 7.44. The van der Waals surface area contributed by atoms with E-state index in [1.807, 2.05) is 52.8 Å². The van der Waals surface area contributed by atoms with Gasteiger partial charge >= 0.3 is 0 Å². The number of rotatable bonds is 6. The fourth-order valence-corrected chi connectivity index (χ4v) is 5.83. The van der Waals surface area contributed by atoms with Gasteiger partial charge in [0.2, 0.25) is 5.91 Å². The molecule has 1 aliphatic heterocycles. The van der Waals surface area contributed by atoms with Crippen LogP contribution in [0, 0.1) is 0 Å². The smallest absolute Gasteiger partial charge is 0.258 e. The highest BCUT2D eigenvalue weighted by Crippen LogP contribution is 2.22. The zero-order chi connectivity index (χ0) is 22.5. The first-order chi connectivity index (χ1) is 15.5. The summed E-state index contributed by atoms with van der Waals surface area (Å²) in [6.07, 6.45) is 0. The summed E-state index contributed by atoms with van der Waals surface area (Å²) in [6.45, 7) is 5.79. The van der Waals surface area contributed by atoms with Crippen LogP contribution in [0.5, 0.6) is 0 Å². The first-order valence-corrected chi connectivity index (χ1v) is 12.9. The predicted octanol–water partition coefficient (Wildman–Crippen LogP) is 3.89. The van der Waals surface area contributed by atoms with Crippen molar-refractivity contribution < 1.29 is 9.59 Å². The molecule has 1 aromatic heterocycles. The summed E-state index contributed by atoms with van der Waals surface area (Å²) in [6, 6.07) is 15.9. The normalized spacial score (nSPS) is 14.9. The van der Waals surface area contributed by atoms with Crippen molar-refractivity contribution in [2.24, 2.45) is 4.99 Å². The lowest BCUT2D eigenvalue weighted by atomic mass is 10.2. The van der Waals surface area contributed by atoms with E-state index < -0.39 is 0 Å². The Labute approximate surface area is 200 Å². The molecule has 0 bridgehead atoms. The van der Waals surface area contributed by atoms with Gasteiger partial charge in [-0.3, -0.25) is 9.59 Å². The number of nitrogens with zero attached hydrogens (tertiary/aromatic N) is 4. The maximum Gasteiger partial charge on any atom is 0.258 e. The number of carbonyl (C=O) groups is 2. The van der Waals surface area contributed by atoms with Crippen LogP contribution in [0.4, 0.5) is 5.69 Å². The number of thioether (sulfide) groups is 1. The van der Waals surface area contributed by atoms with E-state index in [0.29, 0.717) is 35.2 Å². The zero-order valence-electron chi connectivity index (χ0n) is 17.9. The van der Waals surface area contributed by atoms with Crippen LogP contribution < -0.4 is 9.70 Å². The summed E-state index contributed by atoms with van der Waals surface area (Å²) in [5.74, 6) is 0.337. The van der Waals surface area contributed by atoms with E-state index >= 15 is 0 Å². The predicted molar refractivity (Wildman–Crippen MR) is 134 cm³/mol. The van der Waals surface area contributed by atoms with Crippen LogP contribution in [0.1, 0.15) is 6.92 Å². The van der Waals surface area contributed by atoms with Crippen molar-refractivity contribution in [2.75, 3.05) is 42.6 Å². The first kappa shape index (κ1) is 22.9. The second-order valence-corrected chi connectivity index (χ2v) is 9.87. The summed E-state index contributed by atoms with van der Waals surface area (Å²) in [7, 11) is 0. The van der Waals surface area contributed by atoms with Crippen LogP contribution in [-0.4, -0.2) is 59.0 Å². The molecule has 0 saturated carbocycles. The minimum Gasteiger partial charge on any atom is -0.368 e. The number of fused-ring (bicyclic) bond motifs is 1. The molecular formula is C23H25ClN4O2S2. The molecular weight excluding hydrogens is 464 g/mol. The Hall–Kier alpha value is -2.29. The molecule has 2 amide bonds. The molecule has 0 atom stereocenters. The highest BCUT2D eigenvalue weighted by atomic mass is 35.5. The fourth-order valence-electron chi connectivity index (χ4n) is 3.75. The molecule has 3 aromatic rings. The standard InChI is InChI=1S/C23H25ClN4O2S2/c1-2-28-19-9-8-17(24)14-20(19)32-23(28)25-21(29)15-31-16-22(30)27-12-10-26(11-13-27)18-6-4-3-5-7-18/h3-9,14H,2,10-13,15-16H2,1H3. The van der Waals surface area contributed by atoms with Crippen molar-refractivity contribution >= 4 is 62.4 Å². The number of halogens is 1. The Morgan fingerprint density at radius 2 is 1.81 bits per heavy atom. The summed E-state index contributed by atoms with van der Waals surface area (Å²) >= 11 is 8.87. The van der Waals surface area contributed by atoms with Gasteiger partial charge in [-0.1, -0.05) is 41.1 Å². The molecule has 32 heavy (non-hydrogen) atoms. The van der Waals surface area contributed by atoms with Crippen molar-refractivity contribution in [1.29, 1.82) is 0 Å². The van der Waals surface area contributed by atoms with Gasteiger partial charge in [-0.25, -0.2) is 0 Å². The van der Waals surface area contributed by atoms with Gasteiger partial charge in [-0.2, -0.15) is 4.99 Å². The Morgan fingerprint density at radius 1 is 1.06 bits per heavy atom. The maximum atomic E-state index is 12.6. The second kappa shape index (κ2) is 10.6. The lowest BCUT2D eigenvalue weighted by molar-refractivity contribution is -0.128. The van der Waals surface area contributed by atoms with Crippen molar-refractivity contribution in [3.63, 3.8) is 0 Å². The Kier molecular flexibility index (Phi) is 7.55. The van der Waals surface area contributed by atoms with E-state index in [1.165, 1.54) is 28.8 Å². The van der Waals surface area contributed by atoms with E-state index in [-0.39, 0.29) is 17.6 Å². The molecule has 1 fully saturated rings. The van der Waals surface area contributed by atoms with Gasteiger partial charge in [0.25, 0.3) is 5.91 Å². The number of amides is 2. The van der Waals surface area contributed by atoms with Crippen molar-refractivity contribution in [2.45, 2.75) is 13.5 Å². The number of aryl methyl sites for hydroxylation is 1. The topological polar surface area (TPSA) is 57.9 Å². The van der Waals surface area contributed by atoms with Crippen LogP contribution in [0.25, 0.3) is 10.2 Å². The Morgan fingerprint density at radius 3 is 2.53 bits per heavy atom. The average Bonchev–Trinajstić information content (AvgIpc) is 3.15. The van der Waals surface area contributed by atoms with Crippen LogP contribution in [0.2, 0.25) is 5.02 Å². The van der Waals surface area contributed by atoms with Gasteiger partial charge in [-0.05, 0) is 37.3 Å². The fraction of sp³-hybridized carbons (Fsp3) is 0.348. The SMILES string of the molecule is CCn1c(=NC(=O)CSCC(=O)N2CCN(c3ccccc3)CC2)sc2cc(Cl)ccc21. The number of anilines is 1. The number of piperazine rings is 1. The largest absolute Gasteiger partial charge is 0.368 e. The van der Waals surface area contributed by atoms with Crippen LogP contribution in [0.3, 0.4) is 0 Å². The van der Waals surface area contributed by atoms with Gasteiger partial charge < -0.3 is 14.4 Å². The average molecular weight is 489 g/mol. The van der Waals surface area contributed by atoms with Crippen LogP contribution in [0.15, 0.2) is 53.5 Å². The molecule has 0 aliphatic carbocycles. The quantitative estimate of drug-likeness (QED) is 0.528. The third-order valence-corrected chi connectivity index (χ3v) is 7.56. The Bertz CT molecular complexity index is 1170. The van der Waals surface area contributed by atoms with Gasteiger partial charge in [0.15, 0.2) is 4.80 Å². The molecule has 168 valence electrons. The molecule has 0 radical (unpaired) electrons. The van der Waals surface area contributed by atoms with Gasteiger partial charge in [0.1, 0.15) is 0 Å². The number of carbonyl (C=O) groups excluding carboxylic acids is 2. The molecule has 4 rings (SSSR count). The number of hydrogen-bond acceptors (Lipinski definition) is 5. The van der Waals surface area contributed by atoms with Gasteiger partial charge in [0, 0.05) is 43.4 Å². The van der Waals surface area contributed by atoms with Crippen molar-refractivity contribution in [3.05, 3.63) is 58.4 Å². The number of hydrogen-bond donors (Lipinski definition) is 0. The minimum atomic E-state index is -0.225. The molecule has 1 aliphatic rings. The number of para-hydroxylation sites is 1. The summed E-state index contributed by atoms with van der Waals surface area (Å²) in [5, 5.41) is 0.665. The van der Waals surface area contributed by atoms with E-state index in [0.717, 1.165) is 23.3 Å². The number of aromatic nitrogens is 1. The summed E-state index contributed by atoms with van der Waals surface area (Å²) in [4.78, 5) is 34.1. The number of thiazole rings is 1. The summed E-state index contributed by atoms with van der Waals surface area (Å²) < 4.78 is 3.01. The van der Waals surface area contributed by atoms with E-state index in [4.69, 9.17) is 11.6 Å². The Balaban J connectivity index is 1.29. The third-order valence-electron chi connectivity index (χ3n) is 5.39. The van der Waals surface area contributed by atoms with E-state index in [2.05, 4.69) is 22.0 Å². The molecule has 9 heteroatoms. The molecule has 0 N–H and O–H groups in total. The van der Waals surface area contributed by atoms with Gasteiger partial charge in [-0.15, -0.1) is 11.8 Å². The van der Waals surface area contributed by atoms with Crippen LogP contribution >= 0.6 is 34.7 Å². The molecule has 2 heterocycles. The molecule has 0 unspecified atom stereocenters. The lowest BCUT2D eigenvalue weighted by Gasteiger charge is -2.36. The third kappa shape index (κ3) is 5.36. The highest BCUT2D eigenvalue weighted by molar-refractivity contribution is 8.00. The molecule has 2 aromatic carbocycles. The van der Waals surface area contributed by atoms with E-state index in [9.17, 15) is 9.59 Å². The van der Waals surface area contributed by atoms with Crippen LogP contribution in [-0.2, 0) is 16.1 Å². The van der Waals surface area contributed by atoms with Crippen molar-refractivity contribution in [1.82, 2.24) is 9.47 Å². The zero-order valence-corrected chi connectivity index (χ0v) is 20.3. The number of benzene rings is 2. The molecule has 6 nitrogen and oxygen atoms in total. The van der Waals surface area contributed by atoms with Crippen molar-refractivity contribution in [3.8, 4) is 0 Å². The maximum absolute atomic E-state index is 12.6. The minimum absolute atomic E-state index is 0.0793. The summed E-state index contributed by atoms with van der Waals surface area (Å²) in [5.41, 5.74) is 2.21.